The second kappa shape index (κ2) is 19.1. The Morgan fingerprint density at radius 1 is 0.388 bits per heavy atom. The van der Waals surface area contributed by atoms with Gasteiger partial charge in [0.25, 0.3) is 0 Å². The maximum atomic E-state index is 10.4. The average Bonchev–Trinajstić information content (AvgIpc) is 3.16. The SMILES string of the molecule is CCC(CC)(C(=O)[O-])C(=O)[O-].c1ccc([S+](c2ccccc2)c2ccccc2)cc1.c1ccc([S+](c2ccccc2)c2ccccc2)cc1. The highest BCUT2D eigenvalue weighted by Gasteiger charge is 2.30. The fourth-order valence-corrected chi connectivity index (χ4v) is 9.28. The molecule has 0 heterocycles. The Balaban J connectivity index is 0.000000173. The Morgan fingerprint density at radius 2 is 0.551 bits per heavy atom. The molecule has 4 nitrogen and oxygen atoms in total. The first-order chi connectivity index (χ1) is 23.9. The second-order valence-corrected chi connectivity index (χ2v) is 14.9. The number of benzene rings is 6. The van der Waals surface area contributed by atoms with E-state index in [1.165, 1.54) is 43.2 Å². The molecule has 0 aliphatic rings. The first kappa shape index (κ1) is 36.8. The molecule has 0 aliphatic carbocycles. The molecule has 0 fully saturated rings. The number of carbonyl (C=O) groups is 2. The summed E-state index contributed by atoms with van der Waals surface area (Å²) in [5.41, 5.74) is -1.81. The lowest BCUT2D eigenvalue weighted by molar-refractivity contribution is -0.343. The van der Waals surface area contributed by atoms with Gasteiger partial charge in [0.05, 0.1) is 33.7 Å². The lowest BCUT2D eigenvalue weighted by Gasteiger charge is -2.33. The van der Waals surface area contributed by atoms with Crippen LogP contribution in [0.15, 0.2) is 211 Å². The molecular formula is C43H40O4S2. The molecule has 0 amide bonds. The summed E-state index contributed by atoms with van der Waals surface area (Å²) >= 11 is 0. The summed E-state index contributed by atoms with van der Waals surface area (Å²) in [6, 6.07) is 64.3. The molecule has 49 heavy (non-hydrogen) atoms. The molecule has 0 spiro atoms. The molecule has 0 aliphatic heterocycles. The van der Waals surface area contributed by atoms with E-state index in [-0.39, 0.29) is 34.6 Å². The van der Waals surface area contributed by atoms with Crippen molar-refractivity contribution in [2.75, 3.05) is 0 Å². The van der Waals surface area contributed by atoms with E-state index in [4.69, 9.17) is 0 Å². The van der Waals surface area contributed by atoms with Crippen LogP contribution in [-0.4, -0.2) is 11.9 Å². The summed E-state index contributed by atoms with van der Waals surface area (Å²) < 4.78 is 0. The first-order valence-electron chi connectivity index (χ1n) is 16.1. The van der Waals surface area contributed by atoms with E-state index < -0.39 is 17.4 Å². The predicted octanol–water partition coefficient (Wildman–Crippen LogP) is 7.86. The number of carbonyl (C=O) groups excluding carboxylic acids is 2. The normalized spacial score (nSPS) is 10.7. The van der Waals surface area contributed by atoms with Crippen LogP contribution in [0.5, 0.6) is 0 Å². The van der Waals surface area contributed by atoms with E-state index >= 15 is 0 Å². The maximum absolute atomic E-state index is 10.4. The van der Waals surface area contributed by atoms with Gasteiger partial charge < -0.3 is 19.8 Å². The van der Waals surface area contributed by atoms with Gasteiger partial charge in [-0.1, -0.05) is 123 Å². The Bertz CT molecular complexity index is 1490. The monoisotopic (exact) mass is 684 g/mol. The van der Waals surface area contributed by atoms with Crippen molar-refractivity contribution in [3.8, 4) is 0 Å². The summed E-state index contributed by atoms with van der Waals surface area (Å²) in [7, 11) is -0.0293. The van der Waals surface area contributed by atoms with Crippen LogP contribution in [-0.2, 0) is 31.4 Å². The molecule has 248 valence electrons. The van der Waals surface area contributed by atoms with Crippen molar-refractivity contribution in [1.29, 1.82) is 0 Å². The third kappa shape index (κ3) is 9.99. The largest absolute Gasteiger partial charge is 0.549 e. The van der Waals surface area contributed by atoms with Gasteiger partial charge in [-0.3, -0.25) is 0 Å². The highest BCUT2D eigenvalue weighted by Crippen LogP contribution is 2.31. The number of aliphatic carboxylic acids is 2. The molecule has 6 heteroatoms. The fraction of sp³-hybridized carbons (Fsp3) is 0.116. The zero-order valence-electron chi connectivity index (χ0n) is 27.7. The topological polar surface area (TPSA) is 80.3 Å². The molecule has 6 aromatic carbocycles. The van der Waals surface area contributed by atoms with Crippen molar-refractivity contribution >= 4 is 33.7 Å². The zero-order chi connectivity index (χ0) is 34.9. The standard InChI is InChI=1S/2C18H15S.C7H12O4/c2*1-4-10-16(11-5-1)19(17-12-6-2-7-13-17)18-14-8-3-9-15-18;1-3-7(4-2,5(8)9)6(10)11/h2*1-15H;3-4H2,1-2H3,(H,8,9)(H,10,11)/q2*+1;/p-2. The van der Waals surface area contributed by atoms with Gasteiger partial charge in [0.1, 0.15) is 0 Å². The smallest absolute Gasteiger partial charge is 0.166 e. The van der Waals surface area contributed by atoms with E-state index in [2.05, 4.69) is 182 Å². The predicted molar refractivity (Wildman–Crippen MR) is 196 cm³/mol. The summed E-state index contributed by atoms with van der Waals surface area (Å²) in [6.45, 7) is 2.96. The second-order valence-electron chi connectivity index (χ2n) is 10.9. The minimum absolute atomic E-state index is 0.00579. The van der Waals surface area contributed by atoms with Crippen molar-refractivity contribution in [3.05, 3.63) is 182 Å². The molecule has 0 aromatic heterocycles. The molecule has 0 atom stereocenters. The van der Waals surface area contributed by atoms with Crippen LogP contribution in [0.3, 0.4) is 0 Å². The van der Waals surface area contributed by atoms with E-state index in [0.717, 1.165) is 0 Å². The highest BCUT2D eigenvalue weighted by atomic mass is 32.2. The van der Waals surface area contributed by atoms with E-state index in [9.17, 15) is 19.8 Å². The summed E-state index contributed by atoms with van der Waals surface area (Å²) in [5.74, 6) is -3.13. The fourth-order valence-electron chi connectivity index (χ4n) is 5.07. The van der Waals surface area contributed by atoms with Crippen LogP contribution in [0.4, 0.5) is 0 Å². The van der Waals surface area contributed by atoms with E-state index in [0.29, 0.717) is 0 Å². The lowest BCUT2D eigenvalue weighted by Crippen LogP contribution is -2.53. The number of hydrogen-bond acceptors (Lipinski definition) is 4. The minimum Gasteiger partial charge on any atom is -0.549 e. The molecule has 0 bridgehead atoms. The zero-order valence-corrected chi connectivity index (χ0v) is 29.3. The first-order valence-corrected chi connectivity index (χ1v) is 18.6. The summed E-state index contributed by atoms with van der Waals surface area (Å²) in [5, 5.41) is 20.8. The molecule has 6 aromatic rings. The van der Waals surface area contributed by atoms with E-state index in [1.54, 1.807) is 0 Å². The molecule has 0 unspecified atom stereocenters. The Labute approximate surface area is 295 Å². The average molecular weight is 685 g/mol. The van der Waals surface area contributed by atoms with E-state index in [1.807, 2.05) is 0 Å². The maximum Gasteiger partial charge on any atom is 0.166 e. The summed E-state index contributed by atoms with van der Waals surface area (Å²) in [6.07, 6.45) is -0.0116. The quantitative estimate of drug-likeness (QED) is 0.109. The van der Waals surface area contributed by atoms with Gasteiger partial charge >= 0.3 is 0 Å². The molecule has 0 saturated carbocycles. The van der Waals surface area contributed by atoms with Crippen molar-refractivity contribution in [2.24, 2.45) is 5.41 Å². The van der Waals surface area contributed by atoms with Gasteiger partial charge in [0.2, 0.25) is 0 Å². The molecule has 0 N–H and O–H groups in total. The number of carboxylic acid groups (broad SMARTS) is 2. The molecule has 6 rings (SSSR count). The highest BCUT2D eigenvalue weighted by molar-refractivity contribution is 7.97. The number of rotatable bonds is 10. The van der Waals surface area contributed by atoms with Crippen molar-refractivity contribution in [1.82, 2.24) is 0 Å². The number of carboxylic acids is 2. The lowest BCUT2D eigenvalue weighted by atomic mass is 9.83. The van der Waals surface area contributed by atoms with Gasteiger partial charge in [0.15, 0.2) is 29.4 Å². The molecular weight excluding hydrogens is 645 g/mol. The van der Waals surface area contributed by atoms with Crippen LogP contribution in [0.25, 0.3) is 0 Å². The van der Waals surface area contributed by atoms with Crippen LogP contribution in [0.1, 0.15) is 26.7 Å². The third-order valence-corrected chi connectivity index (χ3v) is 12.3. The van der Waals surface area contributed by atoms with Crippen LogP contribution >= 0.6 is 0 Å². The minimum atomic E-state index is -1.81. The third-order valence-electron chi connectivity index (χ3n) is 7.86. The van der Waals surface area contributed by atoms with Gasteiger partial charge in [0, 0.05) is 5.41 Å². The Morgan fingerprint density at radius 3 is 0.653 bits per heavy atom. The summed E-state index contributed by atoms with van der Waals surface area (Å²) in [4.78, 5) is 29.0. The van der Waals surface area contributed by atoms with Gasteiger partial charge in [-0.25, -0.2) is 0 Å². The van der Waals surface area contributed by atoms with Crippen LogP contribution in [0, 0.1) is 5.41 Å². The van der Waals surface area contributed by atoms with Crippen LogP contribution < -0.4 is 10.2 Å². The van der Waals surface area contributed by atoms with Gasteiger partial charge in [-0.15, -0.1) is 0 Å². The van der Waals surface area contributed by atoms with Crippen LogP contribution in [0.2, 0.25) is 0 Å². The molecule has 0 saturated heterocycles. The Hall–Kier alpha value is -5.04. The Kier molecular flexibility index (Phi) is 14.3. The van der Waals surface area contributed by atoms with Crippen molar-refractivity contribution in [3.63, 3.8) is 0 Å². The van der Waals surface area contributed by atoms with Crippen molar-refractivity contribution < 1.29 is 19.8 Å². The number of hydrogen-bond donors (Lipinski definition) is 0. The van der Waals surface area contributed by atoms with Crippen molar-refractivity contribution in [2.45, 2.75) is 56.1 Å². The molecule has 0 radical (unpaired) electrons. The van der Waals surface area contributed by atoms with Gasteiger partial charge in [-0.2, -0.15) is 0 Å². The van der Waals surface area contributed by atoms with Gasteiger partial charge in [-0.05, 0) is 85.6 Å².